The average molecular weight is 281 g/mol. The monoisotopic (exact) mass is 281 g/mol. The van der Waals surface area contributed by atoms with Gasteiger partial charge in [-0.2, -0.15) is 0 Å². The van der Waals surface area contributed by atoms with E-state index in [9.17, 15) is 0 Å². The largest absolute Gasteiger partial charge is 0.391 e. The molecule has 0 aromatic carbocycles. The van der Waals surface area contributed by atoms with Gasteiger partial charge in [0.05, 0.1) is 11.5 Å². The Kier molecular flexibility index (Phi) is 4.35. The molecule has 3 rings (SSSR count). The number of thiazole rings is 1. The zero-order valence-corrected chi connectivity index (χ0v) is 12.2. The first-order valence-electron chi connectivity index (χ1n) is 7.38. The molecule has 0 unspecified atom stereocenters. The van der Waals surface area contributed by atoms with Gasteiger partial charge in [-0.25, -0.2) is 4.98 Å². The molecule has 2 aliphatic rings. The highest BCUT2D eigenvalue weighted by Crippen LogP contribution is 2.28. The first-order chi connectivity index (χ1) is 9.35. The molecule has 1 aromatic rings. The molecule has 3 heterocycles. The van der Waals surface area contributed by atoms with Crippen molar-refractivity contribution in [2.24, 2.45) is 5.92 Å². The molecule has 0 aliphatic carbocycles. The summed E-state index contributed by atoms with van der Waals surface area (Å²) in [5.41, 5.74) is 0. The van der Waals surface area contributed by atoms with Crippen molar-refractivity contribution in [2.45, 2.75) is 32.3 Å². The van der Waals surface area contributed by atoms with Gasteiger partial charge in [0.1, 0.15) is 0 Å². The summed E-state index contributed by atoms with van der Waals surface area (Å²) < 4.78 is 0. The lowest BCUT2D eigenvalue weighted by molar-refractivity contribution is 0.249. The number of aromatic nitrogens is 1. The fraction of sp³-hybridized carbons (Fsp3) is 0.786. The van der Waals surface area contributed by atoms with Crippen LogP contribution in [0.5, 0.6) is 0 Å². The predicted molar refractivity (Wildman–Crippen MR) is 78.6 cm³/mol. The molecule has 2 saturated heterocycles. The summed E-state index contributed by atoms with van der Waals surface area (Å²) in [5.74, 6) is 0.867. The Labute approximate surface area is 119 Å². The minimum absolute atomic E-state index is 0.114. The van der Waals surface area contributed by atoms with Gasteiger partial charge >= 0.3 is 0 Å². The van der Waals surface area contributed by atoms with Gasteiger partial charge in [-0.05, 0) is 44.7 Å². The lowest BCUT2D eigenvalue weighted by Gasteiger charge is -2.33. The number of hydrogen-bond donors (Lipinski definition) is 1. The van der Waals surface area contributed by atoms with E-state index < -0.39 is 0 Å². The number of anilines is 1. The zero-order chi connectivity index (χ0) is 13.1. The number of aliphatic hydroxyl groups is 1. The van der Waals surface area contributed by atoms with Gasteiger partial charge in [-0.1, -0.05) is 11.3 Å². The highest BCUT2D eigenvalue weighted by atomic mass is 32.1. The van der Waals surface area contributed by atoms with Crippen molar-refractivity contribution in [1.29, 1.82) is 0 Å². The Morgan fingerprint density at radius 3 is 2.58 bits per heavy atom. The van der Waals surface area contributed by atoms with Crippen LogP contribution in [0, 0.1) is 5.92 Å². The number of likely N-dealkylation sites (tertiary alicyclic amines) is 1. The van der Waals surface area contributed by atoms with E-state index in [4.69, 9.17) is 5.11 Å². The average Bonchev–Trinajstić information content (AvgIpc) is 3.10. The summed E-state index contributed by atoms with van der Waals surface area (Å²) in [7, 11) is 0. The highest BCUT2D eigenvalue weighted by molar-refractivity contribution is 7.15. The molecule has 0 atom stereocenters. The molecule has 0 spiro atoms. The highest BCUT2D eigenvalue weighted by Gasteiger charge is 2.24. The number of nitrogens with zero attached hydrogens (tertiary/aromatic N) is 3. The van der Waals surface area contributed by atoms with Crippen LogP contribution in [0.25, 0.3) is 0 Å². The van der Waals surface area contributed by atoms with Crippen molar-refractivity contribution in [3.63, 3.8) is 0 Å². The number of rotatable bonds is 4. The molecule has 1 N–H and O–H groups in total. The molecule has 5 heteroatoms. The Hall–Kier alpha value is -0.650. The second-order valence-electron chi connectivity index (χ2n) is 5.71. The van der Waals surface area contributed by atoms with E-state index in [1.165, 1.54) is 45.3 Å². The van der Waals surface area contributed by atoms with Gasteiger partial charge in [0, 0.05) is 25.8 Å². The number of piperidine rings is 1. The minimum atomic E-state index is 0.114. The zero-order valence-electron chi connectivity index (χ0n) is 11.4. The molecule has 19 heavy (non-hydrogen) atoms. The van der Waals surface area contributed by atoms with Gasteiger partial charge < -0.3 is 14.9 Å². The molecule has 106 valence electrons. The normalized spacial score (nSPS) is 22.3. The molecule has 0 bridgehead atoms. The SMILES string of the molecule is OCc1cnc(N2CCC(CN3CCCC3)CC2)s1. The summed E-state index contributed by atoms with van der Waals surface area (Å²) in [6, 6.07) is 0. The van der Waals surface area contributed by atoms with E-state index in [1.54, 1.807) is 17.5 Å². The molecule has 1 aromatic heterocycles. The van der Waals surface area contributed by atoms with Gasteiger partial charge in [-0.15, -0.1) is 0 Å². The van der Waals surface area contributed by atoms with Crippen LogP contribution in [0.15, 0.2) is 6.20 Å². The molecule has 4 nitrogen and oxygen atoms in total. The van der Waals surface area contributed by atoms with E-state index in [-0.39, 0.29) is 6.61 Å². The van der Waals surface area contributed by atoms with E-state index in [1.807, 2.05) is 0 Å². The maximum Gasteiger partial charge on any atom is 0.185 e. The van der Waals surface area contributed by atoms with Crippen LogP contribution >= 0.6 is 11.3 Å². The van der Waals surface area contributed by atoms with E-state index in [0.29, 0.717) is 0 Å². The van der Waals surface area contributed by atoms with Crippen LogP contribution in [0.3, 0.4) is 0 Å². The van der Waals surface area contributed by atoms with Gasteiger partial charge in [0.2, 0.25) is 0 Å². The second-order valence-corrected chi connectivity index (χ2v) is 6.80. The molecular formula is C14H23N3OS. The molecule has 0 amide bonds. The van der Waals surface area contributed by atoms with Crippen LogP contribution in [-0.4, -0.2) is 47.7 Å². The lowest BCUT2D eigenvalue weighted by atomic mass is 9.96. The third kappa shape index (κ3) is 3.27. The van der Waals surface area contributed by atoms with Crippen LogP contribution in [0.1, 0.15) is 30.6 Å². The van der Waals surface area contributed by atoms with Crippen LogP contribution < -0.4 is 4.90 Å². The second kappa shape index (κ2) is 6.20. The topological polar surface area (TPSA) is 39.6 Å². The lowest BCUT2D eigenvalue weighted by Crippen LogP contribution is -2.38. The van der Waals surface area contributed by atoms with Crippen LogP contribution in [0.4, 0.5) is 5.13 Å². The van der Waals surface area contributed by atoms with Crippen LogP contribution in [0.2, 0.25) is 0 Å². The minimum Gasteiger partial charge on any atom is -0.391 e. The fourth-order valence-electron chi connectivity index (χ4n) is 3.15. The standard InChI is InChI=1S/C14H23N3OS/c18-11-13-9-15-14(19-13)17-7-3-12(4-8-17)10-16-5-1-2-6-16/h9,12,18H,1-8,10-11H2. The summed E-state index contributed by atoms with van der Waals surface area (Å²) in [6.45, 7) is 6.28. The Morgan fingerprint density at radius 2 is 1.95 bits per heavy atom. The van der Waals surface area contributed by atoms with Crippen molar-refractivity contribution >= 4 is 16.5 Å². The third-order valence-corrected chi connectivity index (χ3v) is 5.34. The Balaban J connectivity index is 1.48. The number of hydrogen-bond acceptors (Lipinski definition) is 5. The van der Waals surface area contributed by atoms with Crippen molar-refractivity contribution < 1.29 is 5.11 Å². The first kappa shape index (κ1) is 13.3. The Bertz CT molecular complexity index is 395. The fourth-order valence-corrected chi connectivity index (χ4v) is 3.98. The Morgan fingerprint density at radius 1 is 1.21 bits per heavy atom. The maximum absolute atomic E-state index is 9.10. The third-order valence-electron chi connectivity index (χ3n) is 4.30. The van der Waals surface area contributed by atoms with Gasteiger partial charge in [-0.3, -0.25) is 0 Å². The van der Waals surface area contributed by atoms with Crippen molar-refractivity contribution in [1.82, 2.24) is 9.88 Å². The van der Waals surface area contributed by atoms with Crippen molar-refractivity contribution in [2.75, 3.05) is 37.6 Å². The van der Waals surface area contributed by atoms with Crippen LogP contribution in [-0.2, 0) is 6.61 Å². The van der Waals surface area contributed by atoms with E-state index in [2.05, 4.69) is 14.8 Å². The first-order valence-corrected chi connectivity index (χ1v) is 8.19. The van der Waals surface area contributed by atoms with E-state index in [0.717, 1.165) is 29.0 Å². The molecule has 0 radical (unpaired) electrons. The van der Waals surface area contributed by atoms with E-state index >= 15 is 0 Å². The number of aliphatic hydroxyl groups excluding tert-OH is 1. The summed E-state index contributed by atoms with van der Waals surface area (Å²) in [6.07, 6.45) is 7.15. The van der Waals surface area contributed by atoms with Gasteiger partial charge in [0.25, 0.3) is 0 Å². The summed E-state index contributed by atoms with van der Waals surface area (Å²) in [4.78, 5) is 10.4. The molecule has 2 aliphatic heterocycles. The predicted octanol–water partition coefficient (Wildman–Crippen LogP) is 1.95. The molecule has 0 saturated carbocycles. The summed E-state index contributed by atoms with van der Waals surface area (Å²) in [5, 5.41) is 10.2. The molecular weight excluding hydrogens is 258 g/mol. The smallest absolute Gasteiger partial charge is 0.185 e. The molecule has 2 fully saturated rings. The van der Waals surface area contributed by atoms with Crippen molar-refractivity contribution in [3.05, 3.63) is 11.1 Å². The quantitative estimate of drug-likeness (QED) is 0.915. The van der Waals surface area contributed by atoms with Gasteiger partial charge in [0.15, 0.2) is 5.13 Å². The maximum atomic E-state index is 9.10. The summed E-state index contributed by atoms with van der Waals surface area (Å²) >= 11 is 1.63. The van der Waals surface area contributed by atoms with Crippen molar-refractivity contribution in [3.8, 4) is 0 Å².